The number of hydrogen-bond acceptors (Lipinski definition) is 5. The van der Waals surface area contributed by atoms with Crippen molar-refractivity contribution in [2.45, 2.75) is 45.9 Å². The smallest absolute Gasteiger partial charge is 0.236 e. The fourth-order valence-corrected chi connectivity index (χ4v) is 5.04. The first-order valence-corrected chi connectivity index (χ1v) is 12.3. The number of nitrogens with zero attached hydrogens (tertiary/aromatic N) is 3. The Bertz CT molecular complexity index is 1080. The number of anilines is 2. The summed E-state index contributed by atoms with van der Waals surface area (Å²) in [5.74, 6) is -0.812. The lowest BCUT2D eigenvalue weighted by Crippen LogP contribution is -2.52. The molecule has 0 radical (unpaired) electrons. The van der Waals surface area contributed by atoms with Crippen LogP contribution in [0.25, 0.3) is 0 Å². The second-order valence-electron chi connectivity index (χ2n) is 10.1. The van der Waals surface area contributed by atoms with Crippen molar-refractivity contribution in [2.24, 2.45) is 5.92 Å². The molecule has 0 bridgehead atoms. The molecule has 2 aliphatic heterocycles. The number of amides is 1. The maximum Gasteiger partial charge on any atom is 0.236 e. The molecule has 2 heterocycles. The van der Waals surface area contributed by atoms with Crippen LogP contribution in [0.15, 0.2) is 30.3 Å². The first kappa shape index (κ1) is 25.4. The molecule has 8 heteroatoms. The lowest BCUT2D eigenvalue weighted by atomic mass is 9.93. The first-order chi connectivity index (χ1) is 16.6. The van der Waals surface area contributed by atoms with Crippen LogP contribution in [0.3, 0.4) is 0 Å². The van der Waals surface area contributed by atoms with Gasteiger partial charge in [0.15, 0.2) is 0 Å². The molecule has 1 amide bonds. The molecule has 0 aliphatic carbocycles. The molecular formula is C27H36F2N4O2. The van der Waals surface area contributed by atoms with Gasteiger partial charge >= 0.3 is 0 Å². The summed E-state index contributed by atoms with van der Waals surface area (Å²) in [6, 6.07) is 8.19. The molecule has 2 N–H and O–H groups in total. The van der Waals surface area contributed by atoms with E-state index in [9.17, 15) is 18.7 Å². The summed E-state index contributed by atoms with van der Waals surface area (Å²) in [4.78, 5) is 18.2. The van der Waals surface area contributed by atoms with Crippen LogP contribution in [0, 0.1) is 31.4 Å². The van der Waals surface area contributed by atoms with Crippen LogP contribution in [-0.2, 0) is 11.2 Å². The molecule has 2 aromatic rings. The molecular weight excluding hydrogens is 450 g/mol. The molecule has 0 aromatic heterocycles. The molecule has 3 atom stereocenters. The third kappa shape index (κ3) is 5.76. The normalized spacial score (nSPS) is 20.9. The highest BCUT2D eigenvalue weighted by Gasteiger charge is 2.32. The number of benzene rings is 2. The third-order valence-electron chi connectivity index (χ3n) is 7.61. The molecule has 4 rings (SSSR count). The zero-order chi connectivity index (χ0) is 25.3. The van der Waals surface area contributed by atoms with Gasteiger partial charge in [-0.3, -0.25) is 9.69 Å². The van der Waals surface area contributed by atoms with E-state index in [1.54, 1.807) is 11.0 Å². The summed E-state index contributed by atoms with van der Waals surface area (Å²) in [7, 11) is 1.83. The van der Waals surface area contributed by atoms with Gasteiger partial charge in [0.1, 0.15) is 17.9 Å². The summed E-state index contributed by atoms with van der Waals surface area (Å²) in [5.41, 5.74) is 3.73. The Morgan fingerprint density at radius 2 is 1.91 bits per heavy atom. The molecule has 0 spiro atoms. The van der Waals surface area contributed by atoms with Crippen molar-refractivity contribution < 1.29 is 18.7 Å². The van der Waals surface area contributed by atoms with Crippen molar-refractivity contribution in [3.05, 3.63) is 58.7 Å². The second kappa shape index (κ2) is 10.5. The van der Waals surface area contributed by atoms with E-state index >= 15 is 0 Å². The Morgan fingerprint density at radius 3 is 2.66 bits per heavy atom. The van der Waals surface area contributed by atoms with Gasteiger partial charge in [0.25, 0.3) is 0 Å². The van der Waals surface area contributed by atoms with Crippen LogP contribution in [0.2, 0.25) is 0 Å². The van der Waals surface area contributed by atoms with Gasteiger partial charge in [0.05, 0.1) is 6.54 Å². The van der Waals surface area contributed by atoms with Crippen LogP contribution < -0.4 is 10.2 Å². The van der Waals surface area contributed by atoms with Crippen LogP contribution in [0.4, 0.5) is 20.2 Å². The standard InChI is InChI=1S/C27H36F2N4O2/c1-17-5-6-25(29)24(19(17)3)11-18(2)27(35)30-21-12-20(28)13-23(14-21)32-8-7-22(15-32)33-10-9-31(4)26(34)16-33/h5-6,12-14,18,22,27,30,35H,7-11,15-16H2,1-4H3/t18?,22-,27?/m0/s1. The zero-order valence-electron chi connectivity index (χ0n) is 21.0. The van der Waals surface area contributed by atoms with Crippen molar-refractivity contribution >= 4 is 17.3 Å². The highest BCUT2D eigenvalue weighted by molar-refractivity contribution is 5.78. The number of nitrogens with one attached hydrogen (secondary N) is 1. The van der Waals surface area contributed by atoms with Crippen molar-refractivity contribution in [3.8, 4) is 0 Å². The average molecular weight is 487 g/mol. The van der Waals surface area contributed by atoms with Gasteiger partial charge in [-0.25, -0.2) is 8.78 Å². The number of carbonyl (C=O) groups is 1. The molecule has 2 saturated heterocycles. The number of aliphatic hydroxyl groups excluding tert-OH is 1. The van der Waals surface area contributed by atoms with Gasteiger partial charge in [0.2, 0.25) is 5.91 Å². The number of hydrogen-bond donors (Lipinski definition) is 2. The number of aryl methyl sites for hydroxylation is 1. The van der Waals surface area contributed by atoms with E-state index in [-0.39, 0.29) is 29.5 Å². The molecule has 35 heavy (non-hydrogen) atoms. The zero-order valence-corrected chi connectivity index (χ0v) is 21.0. The topological polar surface area (TPSA) is 59.1 Å². The highest BCUT2D eigenvalue weighted by Crippen LogP contribution is 2.29. The summed E-state index contributed by atoms with van der Waals surface area (Å²) in [6.07, 6.45) is 0.316. The minimum atomic E-state index is -0.966. The molecule has 2 aliphatic rings. The number of piperazine rings is 1. The maximum atomic E-state index is 14.5. The summed E-state index contributed by atoms with van der Waals surface area (Å²) < 4.78 is 28.9. The summed E-state index contributed by atoms with van der Waals surface area (Å²) in [6.45, 7) is 9.19. The van der Waals surface area contributed by atoms with Crippen LogP contribution in [0.5, 0.6) is 0 Å². The van der Waals surface area contributed by atoms with E-state index in [0.29, 0.717) is 24.2 Å². The van der Waals surface area contributed by atoms with Gasteiger partial charge in [0, 0.05) is 56.6 Å². The predicted octanol–water partition coefficient (Wildman–Crippen LogP) is 3.54. The third-order valence-corrected chi connectivity index (χ3v) is 7.61. The van der Waals surface area contributed by atoms with E-state index in [4.69, 9.17) is 0 Å². The van der Waals surface area contributed by atoms with Crippen molar-refractivity contribution in [3.63, 3.8) is 0 Å². The first-order valence-electron chi connectivity index (χ1n) is 12.3. The average Bonchev–Trinajstić information content (AvgIpc) is 3.31. The largest absolute Gasteiger partial charge is 0.374 e. The quantitative estimate of drug-likeness (QED) is 0.587. The minimum absolute atomic E-state index is 0.135. The van der Waals surface area contributed by atoms with E-state index in [2.05, 4.69) is 15.1 Å². The van der Waals surface area contributed by atoms with Crippen molar-refractivity contribution in [2.75, 3.05) is 50.0 Å². The van der Waals surface area contributed by atoms with Gasteiger partial charge in [-0.05, 0) is 67.6 Å². The second-order valence-corrected chi connectivity index (χ2v) is 10.1. The number of rotatable bonds is 7. The van der Waals surface area contributed by atoms with Gasteiger partial charge < -0.3 is 20.2 Å². The van der Waals surface area contributed by atoms with Crippen LogP contribution in [0.1, 0.15) is 30.0 Å². The van der Waals surface area contributed by atoms with Crippen LogP contribution in [-0.4, -0.2) is 72.9 Å². The Kier molecular flexibility index (Phi) is 7.62. The molecule has 2 fully saturated rings. The lowest BCUT2D eigenvalue weighted by Gasteiger charge is -2.35. The van der Waals surface area contributed by atoms with E-state index in [0.717, 1.165) is 49.4 Å². The molecule has 2 unspecified atom stereocenters. The number of aliphatic hydroxyl groups is 1. The number of carbonyl (C=O) groups excluding carboxylic acids is 1. The predicted molar refractivity (Wildman–Crippen MR) is 135 cm³/mol. The van der Waals surface area contributed by atoms with Crippen molar-refractivity contribution in [1.29, 1.82) is 0 Å². The summed E-state index contributed by atoms with van der Waals surface area (Å²) in [5, 5.41) is 13.8. The Hall–Kier alpha value is -2.71. The number of likely N-dealkylation sites (N-methyl/N-ethyl adjacent to an activating group) is 1. The maximum absolute atomic E-state index is 14.5. The monoisotopic (exact) mass is 486 g/mol. The molecule has 6 nitrogen and oxygen atoms in total. The summed E-state index contributed by atoms with van der Waals surface area (Å²) >= 11 is 0. The SMILES string of the molecule is Cc1ccc(F)c(CC(C)C(O)Nc2cc(F)cc(N3CC[C@H](N4CCN(C)C(=O)C4)C3)c2)c1C. The number of halogens is 2. The van der Waals surface area contributed by atoms with Gasteiger partial charge in [-0.2, -0.15) is 0 Å². The van der Waals surface area contributed by atoms with Gasteiger partial charge in [-0.1, -0.05) is 13.0 Å². The van der Waals surface area contributed by atoms with Crippen LogP contribution >= 0.6 is 0 Å². The minimum Gasteiger partial charge on any atom is -0.374 e. The van der Waals surface area contributed by atoms with Gasteiger partial charge in [-0.15, -0.1) is 0 Å². The van der Waals surface area contributed by atoms with E-state index in [1.807, 2.05) is 33.9 Å². The molecule has 0 saturated carbocycles. The highest BCUT2D eigenvalue weighted by atomic mass is 19.1. The fourth-order valence-electron chi connectivity index (χ4n) is 5.04. The van der Waals surface area contributed by atoms with E-state index < -0.39 is 6.23 Å². The molecule has 190 valence electrons. The Morgan fingerprint density at radius 1 is 1.14 bits per heavy atom. The molecule has 2 aromatic carbocycles. The van der Waals surface area contributed by atoms with Crippen molar-refractivity contribution in [1.82, 2.24) is 9.80 Å². The fraction of sp³-hybridized carbons (Fsp3) is 0.519. The Labute approximate surface area is 206 Å². The van der Waals surface area contributed by atoms with E-state index in [1.165, 1.54) is 18.2 Å². The Balaban J connectivity index is 1.40. The lowest BCUT2D eigenvalue weighted by molar-refractivity contribution is -0.135.